The van der Waals surface area contributed by atoms with Crippen molar-refractivity contribution >= 4 is 0 Å². The van der Waals surface area contributed by atoms with E-state index in [-0.39, 0.29) is 12.2 Å². The van der Waals surface area contributed by atoms with E-state index in [9.17, 15) is 10.2 Å². The van der Waals surface area contributed by atoms with Crippen molar-refractivity contribution in [3.05, 3.63) is 0 Å². The van der Waals surface area contributed by atoms with Gasteiger partial charge in [-0.05, 0) is 43.4 Å². The second-order valence-electron chi connectivity index (χ2n) is 5.15. The summed E-state index contributed by atoms with van der Waals surface area (Å²) in [7, 11) is 0. The summed E-state index contributed by atoms with van der Waals surface area (Å²) in [5.41, 5.74) is 0.316. The lowest BCUT2D eigenvalue weighted by molar-refractivity contribution is -0.0775. The highest BCUT2D eigenvalue weighted by Crippen LogP contribution is 2.49. The highest BCUT2D eigenvalue weighted by atomic mass is 16.3. The molecule has 4 atom stereocenters. The van der Waals surface area contributed by atoms with E-state index in [0.29, 0.717) is 11.3 Å². The number of fused-ring (bicyclic) bond motifs is 1. The van der Waals surface area contributed by atoms with Crippen LogP contribution in [0.25, 0.3) is 0 Å². The number of aliphatic hydroxyl groups excluding tert-OH is 2. The van der Waals surface area contributed by atoms with Gasteiger partial charge in [0, 0.05) is 0 Å². The first-order valence-electron chi connectivity index (χ1n) is 5.48. The van der Waals surface area contributed by atoms with E-state index in [1.807, 2.05) is 0 Å². The molecule has 2 fully saturated rings. The van der Waals surface area contributed by atoms with Gasteiger partial charge < -0.3 is 10.2 Å². The van der Waals surface area contributed by atoms with Crippen molar-refractivity contribution < 1.29 is 10.2 Å². The van der Waals surface area contributed by atoms with Gasteiger partial charge in [-0.3, -0.25) is 0 Å². The van der Waals surface area contributed by atoms with Crippen LogP contribution in [0.5, 0.6) is 0 Å². The SMILES string of the molecule is C[C@@]12CCC[C@H](O)[C@H]1C[C@@H](O)CC2. The Kier molecular flexibility index (Phi) is 2.37. The molecule has 0 unspecified atom stereocenters. The minimum atomic E-state index is -0.161. The van der Waals surface area contributed by atoms with Crippen LogP contribution in [-0.4, -0.2) is 22.4 Å². The van der Waals surface area contributed by atoms with Crippen molar-refractivity contribution in [3.63, 3.8) is 0 Å². The molecule has 13 heavy (non-hydrogen) atoms. The van der Waals surface area contributed by atoms with Gasteiger partial charge in [-0.25, -0.2) is 0 Å². The molecule has 0 aliphatic heterocycles. The molecule has 0 heterocycles. The molecule has 2 rings (SSSR count). The highest BCUT2D eigenvalue weighted by Gasteiger charge is 2.44. The van der Waals surface area contributed by atoms with E-state index in [1.165, 1.54) is 6.42 Å². The smallest absolute Gasteiger partial charge is 0.0574 e. The monoisotopic (exact) mass is 184 g/mol. The molecule has 76 valence electrons. The fourth-order valence-corrected chi connectivity index (χ4v) is 3.23. The molecule has 2 N–H and O–H groups in total. The van der Waals surface area contributed by atoms with Gasteiger partial charge in [0.2, 0.25) is 0 Å². The summed E-state index contributed by atoms with van der Waals surface area (Å²) in [6.45, 7) is 2.28. The third-order valence-corrected chi connectivity index (χ3v) is 4.18. The zero-order valence-electron chi connectivity index (χ0n) is 8.37. The van der Waals surface area contributed by atoms with Gasteiger partial charge in [0.1, 0.15) is 0 Å². The van der Waals surface area contributed by atoms with Crippen LogP contribution in [0.2, 0.25) is 0 Å². The standard InChI is InChI=1S/C11H20O2/c1-11-5-2-3-10(13)9(11)7-8(12)4-6-11/h8-10,12-13H,2-7H2,1H3/t8-,9+,10-,11-/m0/s1. The van der Waals surface area contributed by atoms with Gasteiger partial charge >= 0.3 is 0 Å². The third-order valence-electron chi connectivity index (χ3n) is 4.18. The van der Waals surface area contributed by atoms with Crippen LogP contribution in [0, 0.1) is 11.3 Å². The van der Waals surface area contributed by atoms with Crippen LogP contribution in [-0.2, 0) is 0 Å². The van der Waals surface area contributed by atoms with Crippen LogP contribution >= 0.6 is 0 Å². The van der Waals surface area contributed by atoms with Crippen molar-refractivity contribution in [2.45, 2.75) is 57.7 Å². The number of hydrogen-bond acceptors (Lipinski definition) is 2. The Bertz CT molecular complexity index is 193. The van der Waals surface area contributed by atoms with E-state index >= 15 is 0 Å². The molecular formula is C11H20O2. The van der Waals surface area contributed by atoms with E-state index in [4.69, 9.17) is 0 Å². The molecule has 0 bridgehead atoms. The number of hydrogen-bond donors (Lipinski definition) is 2. The third kappa shape index (κ3) is 1.62. The Labute approximate surface area is 80.0 Å². The summed E-state index contributed by atoms with van der Waals surface area (Å²) >= 11 is 0. The molecular weight excluding hydrogens is 164 g/mol. The summed E-state index contributed by atoms with van der Waals surface area (Å²) < 4.78 is 0. The normalized spacial score (nSPS) is 51.5. The average molecular weight is 184 g/mol. The first kappa shape index (κ1) is 9.47. The Morgan fingerprint density at radius 2 is 1.92 bits per heavy atom. The van der Waals surface area contributed by atoms with Gasteiger partial charge in [0.15, 0.2) is 0 Å². The zero-order chi connectivity index (χ0) is 9.47. The lowest BCUT2D eigenvalue weighted by Crippen LogP contribution is -2.45. The van der Waals surface area contributed by atoms with E-state index in [2.05, 4.69) is 6.92 Å². The van der Waals surface area contributed by atoms with Crippen LogP contribution < -0.4 is 0 Å². The van der Waals surface area contributed by atoms with Crippen molar-refractivity contribution in [1.82, 2.24) is 0 Å². The van der Waals surface area contributed by atoms with Gasteiger partial charge in [-0.2, -0.15) is 0 Å². The quantitative estimate of drug-likeness (QED) is 0.601. The van der Waals surface area contributed by atoms with E-state index < -0.39 is 0 Å². The molecule has 0 aromatic heterocycles. The van der Waals surface area contributed by atoms with Gasteiger partial charge in [-0.1, -0.05) is 13.3 Å². The molecule has 0 amide bonds. The van der Waals surface area contributed by atoms with Crippen LogP contribution in [0.4, 0.5) is 0 Å². The first-order chi connectivity index (χ1) is 6.12. The highest BCUT2D eigenvalue weighted by molar-refractivity contribution is 4.95. The molecule has 0 saturated heterocycles. The summed E-state index contributed by atoms with van der Waals surface area (Å²) in [6, 6.07) is 0. The van der Waals surface area contributed by atoms with Crippen LogP contribution in [0.1, 0.15) is 45.4 Å². The lowest BCUT2D eigenvalue weighted by atomic mass is 9.59. The maximum Gasteiger partial charge on any atom is 0.0574 e. The molecule has 2 saturated carbocycles. The molecule has 0 aromatic carbocycles. The van der Waals surface area contributed by atoms with Crippen LogP contribution in [0.3, 0.4) is 0 Å². The minimum absolute atomic E-state index is 0.159. The van der Waals surface area contributed by atoms with Crippen molar-refractivity contribution in [2.24, 2.45) is 11.3 Å². The number of rotatable bonds is 0. The maximum absolute atomic E-state index is 9.88. The Balaban J connectivity index is 2.13. The molecule has 2 aliphatic carbocycles. The molecule has 0 radical (unpaired) electrons. The summed E-state index contributed by atoms with van der Waals surface area (Å²) in [5, 5.41) is 19.4. The predicted octanol–water partition coefficient (Wildman–Crippen LogP) is 1.70. The van der Waals surface area contributed by atoms with E-state index in [0.717, 1.165) is 32.1 Å². The van der Waals surface area contributed by atoms with Gasteiger partial charge in [-0.15, -0.1) is 0 Å². The first-order valence-corrected chi connectivity index (χ1v) is 5.48. The number of aliphatic hydroxyl groups is 2. The molecule has 2 aliphatic rings. The zero-order valence-corrected chi connectivity index (χ0v) is 8.37. The summed E-state index contributed by atoms with van der Waals surface area (Å²) in [4.78, 5) is 0. The topological polar surface area (TPSA) is 40.5 Å². The molecule has 2 nitrogen and oxygen atoms in total. The summed E-state index contributed by atoms with van der Waals surface area (Å²) in [5.74, 6) is 0.352. The van der Waals surface area contributed by atoms with Crippen molar-refractivity contribution in [1.29, 1.82) is 0 Å². The Hall–Kier alpha value is -0.0800. The fourth-order valence-electron chi connectivity index (χ4n) is 3.23. The lowest BCUT2D eigenvalue weighted by Gasteiger charge is -2.48. The average Bonchev–Trinajstić information content (AvgIpc) is 2.08. The predicted molar refractivity (Wildman–Crippen MR) is 51.3 cm³/mol. The summed E-state index contributed by atoms with van der Waals surface area (Å²) in [6.07, 6.45) is 5.85. The minimum Gasteiger partial charge on any atom is -0.393 e. The Morgan fingerprint density at radius 3 is 2.69 bits per heavy atom. The van der Waals surface area contributed by atoms with Crippen molar-refractivity contribution in [3.8, 4) is 0 Å². The maximum atomic E-state index is 9.88. The van der Waals surface area contributed by atoms with Gasteiger partial charge in [0.05, 0.1) is 12.2 Å². The fraction of sp³-hybridized carbons (Fsp3) is 1.00. The second kappa shape index (κ2) is 3.25. The van der Waals surface area contributed by atoms with Crippen LogP contribution in [0.15, 0.2) is 0 Å². The molecule has 0 spiro atoms. The Morgan fingerprint density at radius 1 is 1.15 bits per heavy atom. The van der Waals surface area contributed by atoms with Gasteiger partial charge in [0.25, 0.3) is 0 Å². The van der Waals surface area contributed by atoms with E-state index in [1.54, 1.807) is 0 Å². The largest absolute Gasteiger partial charge is 0.393 e. The second-order valence-corrected chi connectivity index (χ2v) is 5.15. The van der Waals surface area contributed by atoms with Crippen molar-refractivity contribution in [2.75, 3.05) is 0 Å². The molecule has 0 aromatic rings. The molecule has 2 heteroatoms.